The van der Waals surface area contributed by atoms with Crippen LogP contribution in [0.5, 0.6) is 11.5 Å². The zero-order chi connectivity index (χ0) is 21.6. The minimum atomic E-state index is 0.0426. The predicted octanol–water partition coefficient (Wildman–Crippen LogP) is 5.71. The normalized spacial score (nSPS) is 31.8. The summed E-state index contributed by atoms with van der Waals surface area (Å²) in [5.74, 6) is 3.04. The van der Waals surface area contributed by atoms with Crippen LogP contribution in [0.25, 0.3) is 10.9 Å². The molecule has 1 spiro atoms. The van der Waals surface area contributed by atoms with Crippen LogP contribution in [0.2, 0.25) is 0 Å². The van der Waals surface area contributed by atoms with Crippen molar-refractivity contribution >= 4 is 10.9 Å². The smallest absolute Gasteiger partial charge is 0.166 e. The Morgan fingerprint density at radius 3 is 2.94 bits per heavy atom. The summed E-state index contributed by atoms with van der Waals surface area (Å²) in [6.45, 7) is 3.46. The van der Waals surface area contributed by atoms with E-state index < -0.39 is 0 Å². The van der Waals surface area contributed by atoms with Gasteiger partial charge in [0.2, 0.25) is 0 Å². The maximum atomic E-state index is 6.97. The van der Waals surface area contributed by atoms with Crippen LogP contribution >= 0.6 is 0 Å². The van der Waals surface area contributed by atoms with E-state index in [1.165, 1.54) is 52.5 Å². The van der Waals surface area contributed by atoms with Crippen molar-refractivity contribution in [1.29, 1.82) is 0 Å². The molecule has 7 rings (SSSR count). The SMILES string of the molecule is CCCC[C@H]1c2c([nH]c3ccccc23)[C@@H]2Oc3c(OC)ccc4c3[C@@]23CCN(C)[C@H](C4)[C@H]13. The van der Waals surface area contributed by atoms with Crippen molar-refractivity contribution in [2.75, 3.05) is 20.7 Å². The molecule has 1 saturated heterocycles. The molecule has 2 aliphatic heterocycles. The van der Waals surface area contributed by atoms with Gasteiger partial charge < -0.3 is 19.4 Å². The number of unbranched alkanes of at least 4 members (excludes halogenated alkanes) is 1. The minimum absolute atomic E-state index is 0.0426. The van der Waals surface area contributed by atoms with Crippen LogP contribution in [0.15, 0.2) is 36.4 Å². The number of likely N-dealkylation sites (tertiary alicyclic amines) is 1. The number of rotatable bonds is 4. The molecule has 0 saturated carbocycles. The van der Waals surface area contributed by atoms with Gasteiger partial charge in [-0.2, -0.15) is 0 Å². The Balaban J connectivity index is 1.56. The first-order chi connectivity index (χ1) is 15.7. The van der Waals surface area contributed by atoms with Gasteiger partial charge >= 0.3 is 0 Å². The summed E-state index contributed by atoms with van der Waals surface area (Å²) in [5, 5.41) is 1.40. The average Bonchev–Trinajstić information content (AvgIpc) is 3.36. The van der Waals surface area contributed by atoms with Crippen LogP contribution in [-0.4, -0.2) is 36.6 Å². The van der Waals surface area contributed by atoms with E-state index in [0.717, 1.165) is 30.9 Å². The number of likely N-dealkylation sites (N-methyl/N-ethyl adjacent to an activating group) is 1. The zero-order valence-electron chi connectivity index (χ0n) is 19.3. The monoisotopic (exact) mass is 428 g/mol. The van der Waals surface area contributed by atoms with Gasteiger partial charge in [0.15, 0.2) is 11.5 Å². The third kappa shape index (κ3) is 2.13. The van der Waals surface area contributed by atoms with Gasteiger partial charge in [-0.1, -0.05) is 44.0 Å². The van der Waals surface area contributed by atoms with Crippen molar-refractivity contribution in [2.45, 2.75) is 62.5 Å². The number of H-pyrrole nitrogens is 1. The van der Waals surface area contributed by atoms with E-state index in [4.69, 9.17) is 9.47 Å². The summed E-state index contributed by atoms with van der Waals surface area (Å²) < 4.78 is 12.8. The van der Waals surface area contributed by atoms with Gasteiger partial charge in [0.05, 0.1) is 12.8 Å². The number of aromatic nitrogens is 1. The second kappa shape index (κ2) is 6.54. The van der Waals surface area contributed by atoms with E-state index in [9.17, 15) is 0 Å². The van der Waals surface area contributed by atoms with E-state index >= 15 is 0 Å². The number of nitrogens with one attached hydrogen (secondary N) is 1. The topological polar surface area (TPSA) is 37.5 Å². The van der Waals surface area contributed by atoms with Crippen LogP contribution < -0.4 is 9.47 Å². The lowest BCUT2D eigenvalue weighted by Crippen LogP contribution is -2.63. The molecule has 0 radical (unpaired) electrons. The van der Waals surface area contributed by atoms with Crippen molar-refractivity contribution in [1.82, 2.24) is 9.88 Å². The Labute approximate surface area is 189 Å². The molecular weight excluding hydrogens is 396 g/mol. The molecule has 5 atom stereocenters. The zero-order valence-corrected chi connectivity index (χ0v) is 19.3. The van der Waals surface area contributed by atoms with Crippen LogP contribution in [0.4, 0.5) is 0 Å². The van der Waals surface area contributed by atoms with Crippen LogP contribution in [0.3, 0.4) is 0 Å². The van der Waals surface area contributed by atoms with E-state index in [1.54, 1.807) is 7.11 Å². The molecule has 0 unspecified atom stereocenters. The molecule has 1 N–H and O–H groups in total. The van der Waals surface area contributed by atoms with Crippen molar-refractivity contribution in [3.63, 3.8) is 0 Å². The predicted molar refractivity (Wildman–Crippen MR) is 127 cm³/mol. The molecule has 1 aromatic heterocycles. The Kier molecular flexibility index (Phi) is 3.89. The number of hydrogen-bond acceptors (Lipinski definition) is 3. The fourth-order valence-corrected chi connectivity index (χ4v) is 8.00. The lowest BCUT2D eigenvalue weighted by molar-refractivity contribution is -0.0413. The first kappa shape index (κ1) is 19.0. The first-order valence-corrected chi connectivity index (χ1v) is 12.4. The lowest BCUT2D eigenvalue weighted by Gasteiger charge is -2.60. The standard InChI is InChI=1S/C28H32N2O2/c1-4-5-8-18-22-17-9-6-7-10-19(17)29-25(22)27-28-13-14-30(2)20(24(18)28)15-16-11-12-21(31-3)26(32-27)23(16)28/h6-7,9-12,18,20,24,27,29H,4-5,8,13-15H2,1-3H3/t18-,20+,24-,27-,28+/m0/s1. The molecule has 1 fully saturated rings. The molecule has 4 aliphatic rings. The fraction of sp³-hybridized carbons (Fsp3) is 0.500. The third-order valence-electron chi connectivity index (χ3n) is 9.19. The molecule has 2 bridgehead atoms. The third-order valence-corrected chi connectivity index (χ3v) is 9.19. The van der Waals surface area contributed by atoms with Crippen LogP contribution in [0, 0.1) is 5.92 Å². The maximum Gasteiger partial charge on any atom is 0.166 e. The van der Waals surface area contributed by atoms with Crippen molar-refractivity contribution in [3.8, 4) is 11.5 Å². The highest BCUT2D eigenvalue weighted by Crippen LogP contribution is 2.70. The summed E-state index contributed by atoms with van der Waals surface area (Å²) in [7, 11) is 4.12. The van der Waals surface area contributed by atoms with E-state index in [1.807, 2.05) is 0 Å². The number of methoxy groups -OCH3 is 1. The van der Waals surface area contributed by atoms with Gasteiger partial charge in [0.25, 0.3) is 0 Å². The number of nitrogens with zero attached hydrogens (tertiary/aromatic N) is 1. The number of hydrogen-bond donors (Lipinski definition) is 1. The Morgan fingerprint density at radius 1 is 1.22 bits per heavy atom. The number of fused-ring (bicyclic) bond motifs is 4. The summed E-state index contributed by atoms with van der Waals surface area (Å²) >= 11 is 0. The Morgan fingerprint density at radius 2 is 2.09 bits per heavy atom. The molecule has 2 aromatic carbocycles. The van der Waals surface area contributed by atoms with Crippen molar-refractivity contribution in [3.05, 3.63) is 58.8 Å². The quantitative estimate of drug-likeness (QED) is 0.578. The summed E-state index contributed by atoms with van der Waals surface area (Å²) in [4.78, 5) is 6.51. The average molecular weight is 429 g/mol. The fourth-order valence-electron chi connectivity index (χ4n) is 8.00. The minimum Gasteiger partial charge on any atom is -0.493 e. The molecule has 3 aromatic rings. The number of aromatic amines is 1. The highest BCUT2D eigenvalue weighted by Gasteiger charge is 2.67. The molecule has 4 nitrogen and oxygen atoms in total. The molecule has 166 valence electrons. The maximum absolute atomic E-state index is 6.97. The largest absolute Gasteiger partial charge is 0.493 e. The van der Waals surface area contributed by atoms with Gasteiger partial charge in [-0.3, -0.25) is 0 Å². The summed E-state index contributed by atoms with van der Waals surface area (Å²) in [6, 6.07) is 13.9. The molecule has 4 heteroatoms. The second-order valence-corrected chi connectivity index (χ2v) is 10.4. The number of piperidine rings is 1. The molecule has 3 heterocycles. The van der Waals surface area contributed by atoms with Gasteiger partial charge in [-0.25, -0.2) is 0 Å². The van der Waals surface area contributed by atoms with Gasteiger partial charge in [0, 0.05) is 27.9 Å². The number of ether oxygens (including phenoxy) is 2. The molecule has 0 amide bonds. The van der Waals surface area contributed by atoms with Crippen molar-refractivity contribution < 1.29 is 9.47 Å². The second-order valence-electron chi connectivity index (χ2n) is 10.4. The molecule has 2 aliphatic carbocycles. The Bertz CT molecular complexity index is 1230. The number of para-hydroxylation sites is 1. The summed E-state index contributed by atoms with van der Waals surface area (Å²) in [5.41, 5.74) is 7.12. The lowest BCUT2D eigenvalue weighted by atomic mass is 9.48. The van der Waals surface area contributed by atoms with Crippen LogP contribution in [-0.2, 0) is 11.8 Å². The molecule has 32 heavy (non-hydrogen) atoms. The number of benzene rings is 2. The summed E-state index contributed by atoms with van der Waals surface area (Å²) in [6.07, 6.45) is 6.09. The van der Waals surface area contributed by atoms with Crippen molar-refractivity contribution in [2.24, 2.45) is 5.92 Å². The highest BCUT2D eigenvalue weighted by atomic mass is 16.5. The van der Waals surface area contributed by atoms with E-state index in [-0.39, 0.29) is 11.5 Å². The van der Waals surface area contributed by atoms with Gasteiger partial charge in [0.1, 0.15) is 6.10 Å². The Hall–Kier alpha value is -2.46. The van der Waals surface area contributed by atoms with Crippen LogP contribution in [0.1, 0.15) is 67.0 Å². The van der Waals surface area contributed by atoms with Gasteiger partial charge in [-0.15, -0.1) is 0 Å². The van der Waals surface area contributed by atoms with E-state index in [2.05, 4.69) is 60.3 Å². The first-order valence-electron chi connectivity index (χ1n) is 12.4. The van der Waals surface area contributed by atoms with E-state index in [0.29, 0.717) is 17.9 Å². The van der Waals surface area contributed by atoms with Gasteiger partial charge in [-0.05, 0) is 68.0 Å². The highest BCUT2D eigenvalue weighted by molar-refractivity contribution is 5.86. The molecular formula is C28H32N2O2.